The van der Waals surface area contributed by atoms with Gasteiger partial charge in [0, 0.05) is 11.6 Å². The molecule has 1 aliphatic heterocycles. The van der Waals surface area contributed by atoms with Gasteiger partial charge in [0.25, 0.3) is 0 Å². The van der Waals surface area contributed by atoms with Crippen LogP contribution in [0.15, 0.2) is 18.2 Å². The van der Waals surface area contributed by atoms with Gasteiger partial charge in [-0.05, 0) is 56.2 Å². The van der Waals surface area contributed by atoms with Crippen LogP contribution in [0.4, 0.5) is 0 Å². The van der Waals surface area contributed by atoms with E-state index in [1.54, 1.807) is 0 Å². The molecule has 18 heavy (non-hydrogen) atoms. The number of aryl methyl sites for hydroxylation is 1. The summed E-state index contributed by atoms with van der Waals surface area (Å²) in [5.41, 5.74) is 1.96. The van der Waals surface area contributed by atoms with Crippen LogP contribution < -0.4 is 0 Å². The summed E-state index contributed by atoms with van der Waals surface area (Å²) in [6.07, 6.45) is 5.07. The Morgan fingerprint density at radius 3 is 3.00 bits per heavy atom. The van der Waals surface area contributed by atoms with Gasteiger partial charge in [-0.3, -0.25) is 0 Å². The lowest BCUT2D eigenvalue weighted by atomic mass is 10.0. The summed E-state index contributed by atoms with van der Waals surface area (Å²) in [6, 6.07) is 5.82. The molecule has 0 amide bonds. The molecule has 1 fully saturated rings. The van der Waals surface area contributed by atoms with Gasteiger partial charge in [-0.2, -0.15) is 0 Å². The van der Waals surface area contributed by atoms with Gasteiger partial charge in [0.05, 0.1) is 12.2 Å². The first-order valence-corrected chi connectivity index (χ1v) is 7.10. The highest BCUT2D eigenvalue weighted by Gasteiger charge is 2.17. The smallest absolute Gasteiger partial charge is 0.0804 e. The molecule has 1 aromatic carbocycles. The number of aliphatic hydroxyl groups excluding tert-OH is 1. The van der Waals surface area contributed by atoms with E-state index in [0.717, 1.165) is 37.0 Å². The van der Waals surface area contributed by atoms with Gasteiger partial charge in [-0.15, -0.1) is 0 Å². The van der Waals surface area contributed by atoms with Gasteiger partial charge < -0.3 is 9.84 Å². The molecule has 2 rings (SSSR count). The normalized spacial score (nSPS) is 21.2. The molecule has 0 bridgehead atoms. The second kappa shape index (κ2) is 6.55. The Bertz CT molecular complexity index is 386. The summed E-state index contributed by atoms with van der Waals surface area (Å²) in [6.45, 7) is 2.90. The monoisotopic (exact) mass is 268 g/mol. The minimum Gasteiger partial charge on any atom is -0.388 e. The third-order valence-electron chi connectivity index (χ3n) is 3.54. The van der Waals surface area contributed by atoms with Crippen molar-refractivity contribution in [3.05, 3.63) is 34.3 Å². The van der Waals surface area contributed by atoms with E-state index in [1.807, 2.05) is 25.1 Å². The Balaban J connectivity index is 1.81. The van der Waals surface area contributed by atoms with Crippen LogP contribution in [0.1, 0.15) is 49.3 Å². The van der Waals surface area contributed by atoms with Crippen LogP contribution >= 0.6 is 11.6 Å². The van der Waals surface area contributed by atoms with Crippen molar-refractivity contribution >= 4 is 11.6 Å². The molecule has 0 aromatic heterocycles. The first-order valence-electron chi connectivity index (χ1n) is 6.72. The SMILES string of the molecule is Cc1ccc(C(O)CCCC2CCCO2)c(Cl)c1. The van der Waals surface area contributed by atoms with Crippen molar-refractivity contribution < 1.29 is 9.84 Å². The van der Waals surface area contributed by atoms with Gasteiger partial charge in [0.2, 0.25) is 0 Å². The van der Waals surface area contributed by atoms with Crippen LogP contribution in [-0.4, -0.2) is 17.8 Å². The lowest BCUT2D eigenvalue weighted by Gasteiger charge is -2.14. The van der Waals surface area contributed by atoms with Crippen molar-refractivity contribution in [3.63, 3.8) is 0 Å². The van der Waals surface area contributed by atoms with Crippen molar-refractivity contribution in [1.29, 1.82) is 0 Å². The minimum absolute atomic E-state index is 0.408. The number of aliphatic hydroxyl groups is 1. The third kappa shape index (κ3) is 3.71. The zero-order valence-electron chi connectivity index (χ0n) is 10.9. The maximum atomic E-state index is 10.1. The molecule has 1 N–H and O–H groups in total. The molecule has 2 unspecified atom stereocenters. The van der Waals surface area contributed by atoms with Crippen LogP contribution in [0.5, 0.6) is 0 Å². The van der Waals surface area contributed by atoms with Crippen LogP contribution in [-0.2, 0) is 4.74 Å². The summed E-state index contributed by atoms with van der Waals surface area (Å²) in [4.78, 5) is 0. The van der Waals surface area contributed by atoms with Gasteiger partial charge in [0.1, 0.15) is 0 Å². The van der Waals surface area contributed by atoms with E-state index in [4.69, 9.17) is 16.3 Å². The molecule has 0 radical (unpaired) electrons. The van der Waals surface area contributed by atoms with Gasteiger partial charge >= 0.3 is 0 Å². The molecule has 1 aliphatic rings. The molecule has 1 aromatic rings. The molecule has 1 heterocycles. The van der Waals surface area contributed by atoms with Crippen molar-refractivity contribution in [1.82, 2.24) is 0 Å². The molecular formula is C15H21ClO2. The Kier molecular flexibility index (Phi) is 5.04. The van der Waals surface area contributed by atoms with Crippen molar-refractivity contribution in [2.75, 3.05) is 6.61 Å². The van der Waals surface area contributed by atoms with E-state index in [0.29, 0.717) is 11.1 Å². The maximum Gasteiger partial charge on any atom is 0.0804 e. The Labute approximate surface area is 114 Å². The highest BCUT2D eigenvalue weighted by atomic mass is 35.5. The largest absolute Gasteiger partial charge is 0.388 e. The van der Waals surface area contributed by atoms with E-state index in [2.05, 4.69) is 0 Å². The molecular weight excluding hydrogens is 248 g/mol. The van der Waals surface area contributed by atoms with Crippen molar-refractivity contribution in [2.45, 2.75) is 51.2 Å². The molecule has 0 saturated carbocycles. The number of ether oxygens (including phenoxy) is 1. The number of benzene rings is 1. The molecule has 3 heteroatoms. The van der Waals surface area contributed by atoms with Crippen LogP contribution in [0.2, 0.25) is 5.02 Å². The zero-order chi connectivity index (χ0) is 13.0. The second-order valence-electron chi connectivity index (χ2n) is 5.11. The maximum absolute atomic E-state index is 10.1. The average Bonchev–Trinajstić information content (AvgIpc) is 2.81. The predicted molar refractivity (Wildman–Crippen MR) is 74.0 cm³/mol. The van der Waals surface area contributed by atoms with Crippen molar-refractivity contribution in [3.8, 4) is 0 Å². The molecule has 2 atom stereocenters. The van der Waals surface area contributed by atoms with Crippen molar-refractivity contribution in [2.24, 2.45) is 0 Å². The Hall–Kier alpha value is -0.570. The summed E-state index contributed by atoms with van der Waals surface area (Å²) in [7, 11) is 0. The number of rotatable bonds is 5. The van der Waals surface area contributed by atoms with E-state index in [-0.39, 0.29) is 0 Å². The average molecular weight is 269 g/mol. The predicted octanol–water partition coefficient (Wildman–Crippen LogP) is 4.03. The zero-order valence-corrected chi connectivity index (χ0v) is 11.6. The minimum atomic E-state index is -0.459. The van der Waals surface area contributed by atoms with Crippen LogP contribution in [0, 0.1) is 6.92 Å². The fraction of sp³-hybridized carbons (Fsp3) is 0.600. The lowest BCUT2D eigenvalue weighted by Crippen LogP contribution is -2.06. The molecule has 2 nitrogen and oxygen atoms in total. The first kappa shape index (κ1) is 13.9. The van der Waals surface area contributed by atoms with Crippen LogP contribution in [0.25, 0.3) is 0 Å². The number of hydrogen-bond donors (Lipinski definition) is 1. The van der Waals surface area contributed by atoms with E-state index < -0.39 is 6.10 Å². The highest BCUT2D eigenvalue weighted by molar-refractivity contribution is 6.31. The van der Waals surface area contributed by atoms with Gasteiger partial charge in [-0.1, -0.05) is 23.7 Å². The number of halogens is 1. The van der Waals surface area contributed by atoms with E-state index >= 15 is 0 Å². The first-order chi connectivity index (χ1) is 8.66. The van der Waals surface area contributed by atoms with Crippen LogP contribution in [0.3, 0.4) is 0 Å². The fourth-order valence-electron chi connectivity index (χ4n) is 2.47. The topological polar surface area (TPSA) is 29.5 Å². The van der Waals surface area contributed by atoms with E-state index in [1.165, 1.54) is 12.8 Å². The molecule has 0 spiro atoms. The Morgan fingerprint density at radius 1 is 1.50 bits per heavy atom. The highest BCUT2D eigenvalue weighted by Crippen LogP contribution is 2.28. The fourth-order valence-corrected chi connectivity index (χ4v) is 2.83. The summed E-state index contributed by atoms with van der Waals surface area (Å²) in [5.74, 6) is 0. The summed E-state index contributed by atoms with van der Waals surface area (Å²) in [5, 5.41) is 10.8. The third-order valence-corrected chi connectivity index (χ3v) is 3.87. The van der Waals surface area contributed by atoms with E-state index in [9.17, 15) is 5.11 Å². The summed E-state index contributed by atoms with van der Waals surface area (Å²) >= 11 is 6.15. The molecule has 1 saturated heterocycles. The molecule has 100 valence electrons. The summed E-state index contributed by atoms with van der Waals surface area (Å²) < 4.78 is 5.57. The van der Waals surface area contributed by atoms with Gasteiger partial charge in [0.15, 0.2) is 0 Å². The molecule has 0 aliphatic carbocycles. The lowest BCUT2D eigenvalue weighted by molar-refractivity contribution is 0.0945. The standard InChI is InChI=1S/C15H21ClO2/c1-11-7-8-13(14(16)10-11)15(17)6-2-4-12-5-3-9-18-12/h7-8,10,12,15,17H,2-6,9H2,1H3. The number of hydrogen-bond acceptors (Lipinski definition) is 2. The second-order valence-corrected chi connectivity index (χ2v) is 5.51. The van der Waals surface area contributed by atoms with Gasteiger partial charge in [-0.25, -0.2) is 0 Å². The Morgan fingerprint density at radius 2 is 2.33 bits per heavy atom. The quantitative estimate of drug-likeness (QED) is 0.874.